The fraction of sp³-hybridized carbons (Fsp3) is 0.857. The van der Waals surface area contributed by atoms with Crippen LogP contribution in [-0.4, -0.2) is 19.5 Å². The Morgan fingerprint density at radius 1 is 0.792 bits per heavy atom. The highest BCUT2D eigenvalue weighted by atomic mass is 16.1. The monoisotopic (exact) mass is 338 g/mol. The SMILES string of the molecule is C/C=C(/CNC(=O)CCCCCCCCCCCCCCC)NC. The van der Waals surface area contributed by atoms with Gasteiger partial charge in [0, 0.05) is 19.2 Å². The van der Waals surface area contributed by atoms with E-state index in [4.69, 9.17) is 0 Å². The molecule has 0 spiro atoms. The molecule has 0 aliphatic carbocycles. The molecule has 0 aromatic heterocycles. The van der Waals surface area contributed by atoms with E-state index in [-0.39, 0.29) is 5.91 Å². The number of allylic oxidation sites excluding steroid dienone is 1. The van der Waals surface area contributed by atoms with Crippen molar-refractivity contribution < 1.29 is 4.79 Å². The number of rotatable bonds is 17. The van der Waals surface area contributed by atoms with E-state index in [1.807, 2.05) is 20.0 Å². The summed E-state index contributed by atoms with van der Waals surface area (Å²) in [6.07, 6.45) is 20.1. The third-order valence-electron chi connectivity index (χ3n) is 4.65. The van der Waals surface area contributed by atoms with Crippen molar-refractivity contribution in [3.63, 3.8) is 0 Å². The molecule has 3 nitrogen and oxygen atoms in total. The average Bonchev–Trinajstić information content (AvgIpc) is 2.60. The summed E-state index contributed by atoms with van der Waals surface area (Å²) in [5.41, 5.74) is 1.06. The number of amides is 1. The number of hydrogen-bond acceptors (Lipinski definition) is 2. The molecule has 0 fully saturated rings. The van der Waals surface area contributed by atoms with Crippen molar-refractivity contribution in [2.24, 2.45) is 0 Å². The molecule has 24 heavy (non-hydrogen) atoms. The molecule has 0 aliphatic rings. The summed E-state index contributed by atoms with van der Waals surface area (Å²) >= 11 is 0. The minimum Gasteiger partial charge on any atom is -0.390 e. The first kappa shape index (κ1) is 23.0. The molecule has 1 amide bonds. The first-order valence-electron chi connectivity index (χ1n) is 10.3. The Hall–Kier alpha value is -0.990. The summed E-state index contributed by atoms with van der Waals surface area (Å²) in [5.74, 6) is 0.174. The summed E-state index contributed by atoms with van der Waals surface area (Å²) in [5, 5.41) is 6.03. The maximum atomic E-state index is 11.7. The number of likely N-dealkylation sites (N-methyl/N-ethyl adjacent to an activating group) is 1. The highest BCUT2D eigenvalue weighted by molar-refractivity contribution is 5.76. The van der Waals surface area contributed by atoms with Crippen molar-refractivity contribution >= 4 is 5.91 Å². The van der Waals surface area contributed by atoms with Gasteiger partial charge in [-0.15, -0.1) is 0 Å². The normalized spacial score (nSPS) is 11.5. The van der Waals surface area contributed by atoms with Crippen LogP contribution in [0, 0.1) is 0 Å². The predicted octanol–water partition coefficient (Wildman–Crippen LogP) is 5.71. The smallest absolute Gasteiger partial charge is 0.220 e. The van der Waals surface area contributed by atoms with Gasteiger partial charge in [0.05, 0.1) is 6.54 Å². The van der Waals surface area contributed by atoms with Gasteiger partial charge in [0.1, 0.15) is 0 Å². The second-order valence-corrected chi connectivity index (χ2v) is 6.83. The fourth-order valence-electron chi connectivity index (χ4n) is 2.92. The Labute approximate surface area is 151 Å². The zero-order valence-corrected chi connectivity index (χ0v) is 16.6. The average molecular weight is 339 g/mol. The van der Waals surface area contributed by atoms with Crippen molar-refractivity contribution in [3.8, 4) is 0 Å². The van der Waals surface area contributed by atoms with E-state index in [0.29, 0.717) is 13.0 Å². The van der Waals surface area contributed by atoms with Crippen LogP contribution in [-0.2, 0) is 4.79 Å². The second-order valence-electron chi connectivity index (χ2n) is 6.83. The predicted molar refractivity (Wildman–Crippen MR) is 106 cm³/mol. The molecule has 0 saturated carbocycles. The highest BCUT2D eigenvalue weighted by Gasteiger charge is 2.01. The molecule has 0 unspecified atom stereocenters. The summed E-state index contributed by atoms with van der Waals surface area (Å²) in [4.78, 5) is 11.7. The van der Waals surface area contributed by atoms with Crippen molar-refractivity contribution in [2.45, 2.75) is 104 Å². The molecule has 0 radical (unpaired) electrons. The van der Waals surface area contributed by atoms with Crippen LogP contribution in [0.2, 0.25) is 0 Å². The molecule has 0 atom stereocenters. The largest absolute Gasteiger partial charge is 0.390 e. The van der Waals surface area contributed by atoms with Gasteiger partial charge >= 0.3 is 0 Å². The Balaban J connectivity index is 3.23. The van der Waals surface area contributed by atoms with E-state index < -0.39 is 0 Å². The molecule has 0 rings (SSSR count). The number of hydrogen-bond donors (Lipinski definition) is 2. The van der Waals surface area contributed by atoms with E-state index in [2.05, 4.69) is 17.6 Å². The van der Waals surface area contributed by atoms with Crippen LogP contribution in [0.4, 0.5) is 0 Å². The number of nitrogens with one attached hydrogen (secondary N) is 2. The van der Waals surface area contributed by atoms with Gasteiger partial charge in [0.2, 0.25) is 5.91 Å². The third-order valence-corrected chi connectivity index (χ3v) is 4.65. The van der Waals surface area contributed by atoms with Gasteiger partial charge < -0.3 is 10.6 Å². The van der Waals surface area contributed by atoms with Crippen molar-refractivity contribution in [1.82, 2.24) is 10.6 Å². The Morgan fingerprint density at radius 3 is 1.67 bits per heavy atom. The minimum atomic E-state index is 0.174. The van der Waals surface area contributed by atoms with Gasteiger partial charge in [0.15, 0.2) is 0 Å². The van der Waals surface area contributed by atoms with Gasteiger partial charge in [-0.25, -0.2) is 0 Å². The second kappa shape index (κ2) is 18.4. The maximum Gasteiger partial charge on any atom is 0.220 e. The molecule has 0 heterocycles. The minimum absolute atomic E-state index is 0.174. The van der Waals surface area contributed by atoms with Crippen molar-refractivity contribution in [2.75, 3.05) is 13.6 Å². The van der Waals surface area contributed by atoms with Crippen molar-refractivity contribution in [1.29, 1.82) is 0 Å². The molecular weight excluding hydrogens is 296 g/mol. The van der Waals surface area contributed by atoms with E-state index in [9.17, 15) is 4.79 Å². The van der Waals surface area contributed by atoms with Crippen LogP contribution in [0.5, 0.6) is 0 Å². The molecule has 0 saturated heterocycles. The molecule has 0 aromatic carbocycles. The van der Waals surface area contributed by atoms with Crippen LogP contribution in [0.1, 0.15) is 104 Å². The van der Waals surface area contributed by atoms with Gasteiger partial charge in [-0.05, 0) is 13.3 Å². The fourth-order valence-corrected chi connectivity index (χ4v) is 2.92. The lowest BCUT2D eigenvalue weighted by Crippen LogP contribution is -2.28. The Bertz CT molecular complexity index is 313. The van der Waals surface area contributed by atoms with Gasteiger partial charge in [-0.3, -0.25) is 4.79 Å². The van der Waals surface area contributed by atoms with Crippen LogP contribution >= 0.6 is 0 Å². The lowest BCUT2D eigenvalue weighted by Gasteiger charge is -2.08. The number of carbonyl (C=O) groups is 1. The van der Waals surface area contributed by atoms with Gasteiger partial charge in [0.25, 0.3) is 0 Å². The summed E-state index contributed by atoms with van der Waals surface area (Å²) in [6.45, 7) is 4.87. The van der Waals surface area contributed by atoms with Crippen LogP contribution in [0.15, 0.2) is 11.8 Å². The number of unbranched alkanes of at least 4 members (excludes halogenated alkanes) is 12. The molecule has 0 aromatic rings. The third kappa shape index (κ3) is 15.9. The first-order chi connectivity index (χ1) is 11.7. The van der Waals surface area contributed by atoms with Crippen LogP contribution in [0.25, 0.3) is 0 Å². The molecule has 142 valence electrons. The maximum absolute atomic E-state index is 11.7. The molecule has 0 bridgehead atoms. The van der Waals surface area contributed by atoms with Crippen LogP contribution in [0.3, 0.4) is 0 Å². The Kier molecular flexibility index (Phi) is 17.6. The molecular formula is C21H42N2O. The van der Waals surface area contributed by atoms with Crippen molar-refractivity contribution in [3.05, 3.63) is 11.8 Å². The topological polar surface area (TPSA) is 41.1 Å². The summed E-state index contributed by atoms with van der Waals surface area (Å²) < 4.78 is 0. The zero-order chi connectivity index (χ0) is 17.9. The lowest BCUT2D eigenvalue weighted by molar-refractivity contribution is -0.121. The highest BCUT2D eigenvalue weighted by Crippen LogP contribution is 2.12. The van der Waals surface area contributed by atoms with Gasteiger partial charge in [-0.2, -0.15) is 0 Å². The first-order valence-corrected chi connectivity index (χ1v) is 10.3. The van der Waals surface area contributed by atoms with Gasteiger partial charge in [-0.1, -0.05) is 90.0 Å². The molecule has 2 N–H and O–H groups in total. The standard InChI is InChI=1S/C21H42N2O/c1-4-6-7-8-9-10-11-12-13-14-15-16-17-18-21(24)23-19-20(5-2)22-3/h5,22H,4,6-19H2,1-3H3,(H,23,24)/b20-5-. The lowest BCUT2D eigenvalue weighted by atomic mass is 10.0. The summed E-state index contributed by atoms with van der Waals surface area (Å²) in [6, 6.07) is 0. The quantitative estimate of drug-likeness (QED) is 0.334. The zero-order valence-electron chi connectivity index (χ0n) is 16.6. The molecule has 0 aliphatic heterocycles. The number of carbonyl (C=O) groups excluding carboxylic acids is 1. The van der Waals surface area contributed by atoms with Crippen LogP contribution < -0.4 is 10.6 Å². The van der Waals surface area contributed by atoms with E-state index in [1.54, 1.807) is 0 Å². The summed E-state index contributed by atoms with van der Waals surface area (Å²) in [7, 11) is 1.88. The van der Waals surface area contributed by atoms with E-state index in [1.165, 1.54) is 77.0 Å². The van der Waals surface area contributed by atoms with E-state index >= 15 is 0 Å². The Morgan fingerprint density at radius 2 is 1.25 bits per heavy atom. The molecule has 3 heteroatoms. The van der Waals surface area contributed by atoms with E-state index in [0.717, 1.165) is 12.1 Å².